The second-order valence-corrected chi connectivity index (χ2v) is 6.99. The summed E-state index contributed by atoms with van der Waals surface area (Å²) in [7, 11) is 0. The van der Waals surface area contributed by atoms with Gasteiger partial charge in [-0.2, -0.15) is 0 Å². The van der Waals surface area contributed by atoms with Crippen LogP contribution < -0.4 is 11.1 Å². The molecule has 0 bridgehead atoms. The Kier molecular flexibility index (Phi) is 4.60. The number of nitrogens with two attached hydrogens (primary N) is 1. The summed E-state index contributed by atoms with van der Waals surface area (Å²) in [4.78, 5) is 12.6. The monoisotopic (exact) mass is 288 g/mol. The summed E-state index contributed by atoms with van der Waals surface area (Å²) in [5, 5.41) is 3.20. The maximum atomic E-state index is 12.6. The van der Waals surface area contributed by atoms with Crippen molar-refractivity contribution in [2.24, 2.45) is 5.41 Å². The molecule has 1 aromatic carbocycles. The molecule has 0 unspecified atom stereocenters. The maximum Gasteiger partial charge on any atom is 0.230 e. The van der Waals surface area contributed by atoms with E-state index in [1.165, 1.54) is 25.7 Å². The average Bonchev–Trinajstić information content (AvgIpc) is 2.94. The minimum Gasteiger partial charge on any atom is -0.399 e. The average molecular weight is 288 g/mol. The lowest BCUT2D eigenvalue weighted by molar-refractivity contribution is -0.126. The van der Waals surface area contributed by atoms with E-state index in [1.54, 1.807) is 0 Å². The second kappa shape index (κ2) is 6.08. The summed E-state index contributed by atoms with van der Waals surface area (Å²) in [5.41, 5.74) is 7.26. The third kappa shape index (κ3) is 3.39. The summed E-state index contributed by atoms with van der Waals surface area (Å²) in [6.45, 7) is 6.99. The number of amides is 1. The lowest BCUT2D eigenvalue weighted by Crippen LogP contribution is -2.44. The second-order valence-electron chi connectivity index (χ2n) is 6.99. The number of hydrogen-bond acceptors (Lipinski definition) is 2. The van der Waals surface area contributed by atoms with Crippen LogP contribution in [-0.2, 0) is 10.2 Å². The SMILES string of the molecule is CCC1(CNC(=O)C(C)(C)c2ccc(N)cc2)CCCC1. The van der Waals surface area contributed by atoms with E-state index >= 15 is 0 Å². The van der Waals surface area contributed by atoms with Crippen molar-refractivity contribution in [3.05, 3.63) is 29.8 Å². The summed E-state index contributed by atoms with van der Waals surface area (Å²) >= 11 is 0. The number of carbonyl (C=O) groups excluding carboxylic acids is 1. The van der Waals surface area contributed by atoms with E-state index in [2.05, 4.69) is 12.2 Å². The third-order valence-electron chi connectivity index (χ3n) is 5.24. The molecule has 21 heavy (non-hydrogen) atoms. The highest BCUT2D eigenvalue weighted by Crippen LogP contribution is 2.40. The molecule has 0 radical (unpaired) electrons. The number of benzene rings is 1. The van der Waals surface area contributed by atoms with Crippen LogP contribution >= 0.6 is 0 Å². The Balaban J connectivity index is 2.03. The molecule has 3 nitrogen and oxygen atoms in total. The first-order valence-electron chi connectivity index (χ1n) is 8.04. The number of nitrogen functional groups attached to an aromatic ring is 1. The first kappa shape index (κ1) is 15.9. The van der Waals surface area contributed by atoms with Gasteiger partial charge in [0.05, 0.1) is 5.41 Å². The number of carbonyl (C=O) groups is 1. The van der Waals surface area contributed by atoms with Gasteiger partial charge >= 0.3 is 0 Å². The van der Waals surface area contributed by atoms with E-state index in [-0.39, 0.29) is 5.91 Å². The Labute approximate surface area is 128 Å². The Morgan fingerprint density at radius 2 is 1.81 bits per heavy atom. The quantitative estimate of drug-likeness (QED) is 0.813. The van der Waals surface area contributed by atoms with Gasteiger partial charge in [0.25, 0.3) is 0 Å². The van der Waals surface area contributed by atoms with Crippen LogP contribution in [0.15, 0.2) is 24.3 Å². The molecule has 1 fully saturated rings. The Bertz CT molecular complexity index is 484. The van der Waals surface area contributed by atoms with Crippen molar-refractivity contribution in [3.8, 4) is 0 Å². The zero-order valence-electron chi connectivity index (χ0n) is 13.5. The van der Waals surface area contributed by atoms with E-state index in [0.717, 1.165) is 24.2 Å². The van der Waals surface area contributed by atoms with Crippen LogP contribution in [0.5, 0.6) is 0 Å². The molecule has 1 aliphatic carbocycles. The fraction of sp³-hybridized carbons (Fsp3) is 0.611. The molecule has 0 heterocycles. The van der Waals surface area contributed by atoms with Crippen LogP contribution in [0.4, 0.5) is 5.69 Å². The van der Waals surface area contributed by atoms with Gasteiger partial charge in [0, 0.05) is 12.2 Å². The number of anilines is 1. The van der Waals surface area contributed by atoms with Crippen molar-refractivity contribution < 1.29 is 4.79 Å². The fourth-order valence-electron chi connectivity index (χ4n) is 3.30. The lowest BCUT2D eigenvalue weighted by Gasteiger charge is -2.31. The van der Waals surface area contributed by atoms with Gasteiger partial charge in [-0.25, -0.2) is 0 Å². The molecule has 1 aliphatic rings. The molecule has 116 valence electrons. The van der Waals surface area contributed by atoms with Crippen molar-refractivity contribution in [3.63, 3.8) is 0 Å². The first-order valence-corrected chi connectivity index (χ1v) is 8.04. The van der Waals surface area contributed by atoms with E-state index in [1.807, 2.05) is 38.1 Å². The molecule has 1 saturated carbocycles. The van der Waals surface area contributed by atoms with E-state index < -0.39 is 5.41 Å². The molecule has 3 N–H and O–H groups in total. The van der Waals surface area contributed by atoms with Crippen molar-refractivity contribution in [1.82, 2.24) is 5.32 Å². The molecule has 0 aromatic heterocycles. The van der Waals surface area contributed by atoms with Gasteiger partial charge in [0.1, 0.15) is 0 Å². The molecule has 0 saturated heterocycles. The summed E-state index contributed by atoms with van der Waals surface area (Å²) in [6, 6.07) is 7.60. The standard InChI is InChI=1S/C18H28N2O/c1-4-18(11-5-6-12-18)13-20-16(21)17(2,3)14-7-9-15(19)10-8-14/h7-10H,4-6,11-13,19H2,1-3H3,(H,20,21). The fourth-order valence-corrected chi connectivity index (χ4v) is 3.30. The topological polar surface area (TPSA) is 55.1 Å². The molecule has 0 atom stereocenters. The van der Waals surface area contributed by atoms with Gasteiger partial charge in [0.2, 0.25) is 5.91 Å². The maximum absolute atomic E-state index is 12.6. The highest BCUT2D eigenvalue weighted by molar-refractivity contribution is 5.87. The predicted molar refractivity (Wildman–Crippen MR) is 88.1 cm³/mol. The molecular formula is C18H28N2O. The van der Waals surface area contributed by atoms with E-state index in [9.17, 15) is 4.79 Å². The van der Waals surface area contributed by atoms with Gasteiger partial charge in [-0.15, -0.1) is 0 Å². The van der Waals surface area contributed by atoms with Crippen LogP contribution in [0.1, 0.15) is 58.4 Å². The minimum absolute atomic E-state index is 0.104. The molecule has 1 amide bonds. The molecule has 0 spiro atoms. The van der Waals surface area contributed by atoms with Crippen molar-refractivity contribution >= 4 is 11.6 Å². The number of rotatable bonds is 5. The zero-order chi connectivity index (χ0) is 15.5. The summed E-state index contributed by atoms with van der Waals surface area (Å²) in [6.07, 6.45) is 6.23. The normalized spacial score (nSPS) is 17.7. The first-order chi connectivity index (χ1) is 9.89. The van der Waals surface area contributed by atoms with Gasteiger partial charge < -0.3 is 11.1 Å². The number of nitrogens with one attached hydrogen (secondary N) is 1. The van der Waals surface area contributed by atoms with Crippen LogP contribution in [0.3, 0.4) is 0 Å². The van der Waals surface area contributed by atoms with Crippen LogP contribution in [0.25, 0.3) is 0 Å². The molecule has 0 aliphatic heterocycles. The molecular weight excluding hydrogens is 260 g/mol. The third-order valence-corrected chi connectivity index (χ3v) is 5.24. The van der Waals surface area contributed by atoms with Gasteiger partial charge in [-0.1, -0.05) is 31.9 Å². The van der Waals surface area contributed by atoms with Crippen LogP contribution in [-0.4, -0.2) is 12.5 Å². The Hall–Kier alpha value is -1.51. The molecule has 2 rings (SSSR count). The smallest absolute Gasteiger partial charge is 0.230 e. The van der Waals surface area contributed by atoms with Crippen molar-refractivity contribution in [2.45, 2.75) is 58.3 Å². The Morgan fingerprint density at radius 3 is 2.33 bits per heavy atom. The van der Waals surface area contributed by atoms with Gasteiger partial charge in [-0.05, 0) is 56.2 Å². The molecule has 1 aromatic rings. The lowest BCUT2D eigenvalue weighted by atomic mass is 9.81. The highest BCUT2D eigenvalue weighted by atomic mass is 16.2. The van der Waals surface area contributed by atoms with Crippen LogP contribution in [0, 0.1) is 5.41 Å². The van der Waals surface area contributed by atoms with E-state index in [0.29, 0.717) is 5.41 Å². The predicted octanol–water partition coefficient (Wildman–Crippen LogP) is 3.63. The highest BCUT2D eigenvalue weighted by Gasteiger charge is 2.35. The zero-order valence-corrected chi connectivity index (χ0v) is 13.5. The van der Waals surface area contributed by atoms with Crippen molar-refractivity contribution in [2.75, 3.05) is 12.3 Å². The summed E-state index contributed by atoms with van der Waals surface area (Å²) in [5.74, 6) is 0.104. The van der Waals surface area contributed by atoms with Crippen molar-refractivity contribution in [1.29, 1.82) is 0 Å². The van der Waals surface area contributed by atoms with Crippen LogP contribution in [0.2, 0.25) is 0 Å². The minimum atomic E-state index is -0.527. The number of hydrogen-bond donors (Lipinski definition) is 2. The van der Waals surface area contributed by atoms with Gasteiger partial charge in [0.15, 0.2) is 0 Å². The Morgan fingerprint density at radius 1 is 1.24 bits per heavy atom. The summed E-state index contributed by atoms with van der Waals surface area (Å²) < 4.78 is 0. The largest absolute Gasteiger partial charge is 0.399 e. The van der Waals surface area contributed by atoms with E-state index in [4.69, 9.17) is 5.73 Å². The molecule has 3 heteroatoms. The van der Waals surface area contributed by atoms with Gasteiger partial charge in [-0.3, -0.25) is 4.79 Å².